The average molecular weight is 337 g/mol. The Kier molecular flexibility index (Phi) is 6.27. The summed E-state index contributed by atoms with van der Waals surface area (Å²) in [4.78, 5) is 24.9. The van der Waals surface area contributed by atoms with Crippen LogP contribution in [-0.4, -0.2) is 42.0 Å². The molecule has 1 amide bonds. The van der Waals surface area contributed by atoms with Crippen LogP contribution in [-0.2, 0) is 0 Å². The van der Waals surface area contributed by atoms with Gasteiger partial charge in [-0.05, 0) is 24.7 Å². The van der Waals surface area contributed by atoms with Crippen molar-refractivity contribution < 1.29 is 9.72 Å². The first kappa shape index (κ1) is 17.6. The van der Waals surface area contributed by atoms with Crippen molar-refractivity contribution in [3.63, 3.8) is 0 Å². The lowest BCUT2D eigenvalue weighted by Gasteiger charge is -2.27. The zero-order chi connectivity index (χ0) is 16.8. The fourth-order valence-electron chi connectivity index (χ4n) is 2.92. The largest absolute Gasteiger partial charge is 0.370 e. The van der Waals surface area contributed by atoms with Gasteiger partial charge < -0.3 is 10.2 Å². The Balaban J connectivity index is 2.35. The number of rotatable bonds is 5. The Labute approximate surface area is 140 Å². The van der Waals surface area contributed by atoms with Crippen LogP contribution in [0.2, 0.25) is 0 Å². The van der Waals surface area contributed by atoms with Crippen molar-refractivity contribution in [2.75, 3.05) is 30.8 Å². The van der Waals surface area contributed by atoms with Crippen molar-refractivity contribution in [3.8, 4) is 0 Å². The highest BCUT2D eigenvalue weighted by molar-refractivity contribution is 7.99. The first-order valence-corrected chi connectivity index (χ1v) is 8.98. The number of nitrogens with zero attached hydrogens (tertiary/aromatic N) is 2. The number of nitrogens with one attached hydrogen (secondary N) is 1. The molecule has 1 unspecified atom stereocenters. The molecule has 7 heteroatoms. The van der Waals surface area contributed by atoms with E-state index in [2.05, 4.69) is 17.1 Å². The van der Waals surface area contributed by atoms with Crippen LogP contribution in [0.3, 0.4) is 0 Å². The molecule has 0 bridgehead atoms. The molecular formula is C16H23N3O3S. The van der Waals surface area contributed by atoms with E-state index in [1.54, 1.807) is 13.1 Å². The second-order valence-electron chi connectivity index (χ2n) is 5.56. The molecule has 0 aliphatic carbocycles. The van der Waals surface area contributed by atoms with E-state index >= 15 is 0 Å². The maximum absolute atomic E-state index is 12.2. The third kappa shape index (κ3) is 4.37. The number of thioether (sulfide) groups is 1. The first-order chi connectivity index (χ1) is 11.1. The molecule has 6 nitrogen and oxygen atoms in total. The number of hydrogen-bond donors (Lipinski definition) is 1. The van der Waals surface area contributed by atoms with Gasteiger partial charge in [0.15, 0.2) is 0 Å². The van der Waals surface area contributed by atoms with E-state index in [-0.39, 0.29) is 11.6 Å². The van der Waals surface area contributed by atoms with Gasteiger partial charge in [0.2, 0.25) is 0 Å². The van der Waals surface area contributed by atoms with Crippen LogP contribution in [0, 0.1) is 10.1 Å². The van der Waals surface area contributed by atoms with E-state index in [1.807, 2.05) is 11.8 Å². The molecule has 1 aliphatic heterocycles. The van der Waals surface area contributed by atoms with Crippen LogP contribution in [0.5, 0.6) is 0 Å². The van der Waals surface area contributed by atoms with Gasteiger partial charge >= 0.3 is 0 Å². The lowest BCUT2D eigenvalue weighted by atomic mass is 10.1. The third-order valence-corrected chi connectivity index (χ3v) is 5.22. The van der Waals surface area contributed by atoms with E-state index in [1.165, 1.54) is 25.0 Å². The molecule has 23 heavy (non-hydrogen) atoms. The number of anilines is 1. The standard InChI is InChI=1S/C16H23N3O3S/c1-3-23-13-6-4-5-9-18(11-13)15-8-7-12(19(21)22)10-14(15)16(20)17-2/h7-8,10,13H,3-6,9,11H2,1-2H3,(H,17,20). The lowest BCUT2D eigenvalue weighted by Crippen LogP contribution is -2.32. The number of carbonyl (C=O) groups is 1. The Morgan fingerprint density at radius 3 is 2.91 bits per heavy atom. The summed E-state index contributed by atoms with van der Waals surface area (Å²) >= 11 is 1.94. The SMILES string of the molecule is CCSC1CCCCN(c2ccc([N+](=O)[O-])cc2C(=O)NC)C1. The molecule has 126 valence electrons. The molecule has 2 rings (SSSR count). The van der Waals surface area contributed by atoms with Crippen molar-refractivity contribution in [2.24, 2.45) is 0 Å². The van der Waals surface area contributed by atoms with Crippen molar-refractivity contribution in [3.05, 3.63) is 33.9 Å². The summed E-state index contributed by atoms with van der Waals surface area (Å²) in [5, 5.41) is 14.1. The van der Waals surface area contributed by atoms with Crippen molar-refractivity contribution in [2.45, 2.75) is 31.4 Å². The van der Waals surface area contributed by atoms with E-state index in [4.69, 9.17) is 0 Å². The lowest BCUT2D eigenvalue weighted by molar-refractivity contribution is -0.384. The van der Waals surface area contributed by atoms with Crippen LogP contribution >= 0.6 is 11.8 Å². The average Bonchev–Trinajstić information content (AvgIpc) is 2.79. The highest BCUT2D eigenvalue weighted by Gasteiger charge is 2.24. The molecule has 0 saturated carbocycles. The molecule has 1 saturated heterocycles. The van der Waals surface area contributed by atoms with Crippen LogP contribution in [0.15, 0.2) is 18.2 Å². The zero-order valence-electron chi connectivity index (χ0n) is 13.6. The normalized spacial score (nSPS) is 18.3. The minimum absolute atomic E-state index is 0.0540. The fourth-order valence-corrected chi connectivity index (χ4v) is 4.01. The summed E-state index contributed by atoms with van der Waals surface area (Å²) in [6.45, 7) is 3.91. The van der Waals surface area contributed by atoms with Crippen LogP contribution in [0.25, 0.3) is 0 Å². The van der Waals surface area contributed by atoms with Crippen molar-refractivity contribution in [1.82, 2.24) is 5.32 Å². The monoisotopic (exact) mass is 337 g/mol. The quantitative estimate of drug-likeness (QED) is 0.660. The summed E-state index contributed by atoms with van der Waals surface area (Å²) in [5.74, 6) is 0.786. The zero-order valence-corrected chi connectivity index (χ0v) is 14.4. The smallest absolute Gasteiger partial charge is 0.270 e. The summed E-state index contributed by atoms with van der Waals surface area (Å²) in [6.07, 6.45) is 3.43. The molecule has 1 heterocycles. The van der Waals surface area contributed by atoms with Gasteiger partial charge in [-0.25, -0.2) is 0 Å². The van der Waals surface area contributed by atoms with Gasteiger partial charge in [0.25, 0.3) is 11.6 Å². The highest BCUT2D eigenvalue weighted by Crippen LogP contribution is 2.30. The number of hydrogen-bond acceptors (Lipinski definition) is 5. The molecule has 0 radical (unpaired) electrons. The molecular weight excluding hydrogens is 314 g/mol. The summed E-state index contributed by atoms with van der Waals surface area (Å²) < 4.78 is 0. The Morgan fingerprint density at radius 1 is 1.48 bits per heavy atom. The number of carbonyl (C=O) groups excluding carboxylic acids is 1. The van der Waals surface area contributed by atoms with Crippen LogP contribution < -0.4 is 10.2 Å². The summed E-state index contributed by atoms with van der Waals surface area (Å²) in [7, 11) is 1.54. The predicted octanol–water partition coefficient (Wildman–Crippen LogP) is 3.07. The van der Waals surface area contributed by atoms with Gasteiger partial charge in [-0.1, -0.05) is 13.3 Å². The molecule has 1 aliphatic rings. The van der Waals surface area contributed by atoms with Gasteiger partial charge in [0.1, 0.15) is 0 Å². The van der Waals surface area contributed by atoms with Crippen LogP contribution in [0.1, 0.15) is 36.5 Å². The van der Waals surface area contributed by atoms with Crippen molar-refractivity contribution >= 4 is 29.0 Å². The summed E-state index contributed by atoms with van der Waals surface area (Å²) in [5.41, 5.74) is 1.11. The molecule has 1 fully saturated rings. The minimum atomic E-state index is -0.464. The molecule has 1 N–H and O–H groups in total. The van der Waals surface area contributed by atoms with Gasteiger partial charge in [0.05, 0.1) is 16.2 Å². The van der Waals surface area contributed by atoms with E-state index in [0.717, 1.165) is 31.0 Å². The predicted molar refractivity (Wildman–Crippen MR) is 94.5 cm³/mol. The highest BCUT2D eigenvalue weighted by atomic mass is 32.2. The van der Waals surface area contributed by atoms with E-state index < -0.39 is 4.92 Å². The fraction of sp³-hybridized carbons (Fsp3) is 0.562. The molecule has 1 aromatic rings. The second-order valence-corrected chi connectivity index (χ2v) is 7.13. The first-order valence-electron chi connectivity index (χ1n) is 7.93. The van der Waals surface area contributed by atoms with Crippen molar-refractivity contribution in [1.29, 1.82) is 0 Å². The topological polar surface area (TPSA) is 75.5 Å². The number of benzene rings is 1. The van der Waals surface area contributed by atoms with Gasteiger partial charge in [0, 0.05) is 37.5 Å². The van der Waals surface area contributed by atoms with Gasteiger partial charge in [-0.3, -0.25) is 14.9 Å². The molecule has 1 atom stereocenters. The van der Waals surface area contributed by atoms with E-state index in [9.17, 15) is 14.9 Å². The molecule has 0 spiro atoms. The van der Waals surface area contributed by atoms with Crippen LogP contribution in [0.4, 0.5) is 11.4 Å². The van der Waals surface area contributed by atoms with Gasteiger partial charge in [-0.2, -0.15) is 11.8 Å². The van der Waals surface area contributed by atoms with E-state index in [0.29, 0.717) is 10.8 Å². The molecule has 0 aromatic heterocycles. The molecule has 1 aromatic carbocycles. The number of non-ortho nitro benzene ring substituents is 1. The third-order valence-electron chi connectivity index (χ3n) is 4.03. The number of nitro benzene ring substituents is 1. The summed E-state index contributed by atoms with van der Waals surface area (Å²) in [6, 6.07) is 4.57. The maximum atomic E-state index is 12.2. The second kappa shape index (κ2) is 8.19. The van der Waals surface area contributed by atoms with Gasteiger partial charge in [-0.15, -0.1) is 0 Å². The minimum Gasteiger partial charge on any atom is -0.370 e. The Morgan fingerprint density at radius 2 is 2.26 bits per heavy atom. The number of amides is 1. The Bertz CT molecular complexity index is 580. The number of nitro groups is 1. The Hall–Kier alpha value is -1.76. The maximum Gasteiger partial charge on any atom is 0.270 e.